The number of nitro groups is 1. The summed E-state index contributed by atoms with van der Waals surface area (Å²) < 4.78 is 0. The smallest absolute Gasteiger partial charge is 0.321 e. The Morgan fingerprint density at radius 3 is 2.72 bits per heavy atom. The average Bonchev–Trinajstić information content (AvgIpc) is 2.74. The van der Waals surface area contributed by atoms with Crippen molar-refractivity contribution in [1.82, 2.24) is 9.88 Å². The molecule has 2 N–H and O–H groups in total. The fraction of sp³-hybridized carbons (Fsp3) is 0.545. The number of carbonyl (C=O) groups is 1. The van der Waals surface area contributed by atoms with Crippen LogP contribution in [0.3, 0.4) is 0 Å². The van der Waals surface area contributed by atoms with E-state index in [-0.39, 0.29) is 36.6 Å². The molecule has 0 spiro atoms. The average molecular weight is 253 g/mol. The zero-order valence-electron chi connectivity index (χ0n) is 9.83. The van der Waals surface area contributed by atoms with Crippen LogP contribution < -0.4 is 0 Å². The number of aliphatic hydroxyl groups is 1. The first-order valence-corrected chi connectivity index (χ1v) is 5.88. The first kappa shape index (κ1) is 12.6. The lowest BCUT2D eigenvalue weighted by molar-refractivity contribution is -0.389. The predicted molar refractivity (Wildman–Crippen MR) is 63.2 cm³/mol. The quantitative estimate of drug-likeness (QED) is 0.601. The number of amides is 1. The number of aromatic nitrogens is 1. The van der Waals surface area contributed by atoms with Gasteiger partial charge in [-0.1, -0.05) is 0 Å². The molecule has 1 fully saturated rings. The van der Waals surface area contributed by atoms with Crippen molar-refractivity contribution >= 4 is 11.7 Å². The molecule has 1 aliphatic rings. The van der Waals surface area contributed by atoms with Crippen molar-refractivity contribution in [2.75, 3.05) is 13.2 Å². The molecule has 7 nitrogen and oxygen atoms in total. The van der Waals surface area contributed by atoms with Crippen LogP contribution in [0, 0.1) is 10.1 Å². The number of nitrogens with one attached hydrogen (secondary N) is 1. The van der Waals surface area contributed by atoms with Gasteiger partial charge in [0.05, 0.1) is 6.61 Å². The zero-order chi connectivity index (χ0) is 13.1. The Bertz CT molecular complexity index is 453. The molecule has 18 heavy (non-hydrogen) atoms. The van der Waals surface area contributed by atoms with Gasteiger partial charge in [-0.2, -0.15) is 0 Å². The summed E-state index contributed by atoms with van der Waals surface area (Å²) in [4.78, 5) is 26.2. The number of hydrogen-bond donors (Lipinski definition) is 2. The van der Waals surface area contributed by atoms with Gasteiger partial charge in [0.25, 0.3) is 5.91 Å². The highest BCUT2D eigenvalue weighted by atomic mass is 16.6. The van der Waals surface area contributed by atoms with Gasteiger partial charge < -0.3 is 20.1 Å². The van der Waals surface area contributed by atoms with Gasteiger partial charge in [-0.3, -0.25) is 4.79 Å². The summed E-state index contributed by atoms with van der Waals surface area (Å²) in [5.74, 6) is -0.488. The minimum absolute atomic E-state index is 0.106. The molecule has 7 heteroatoms. The second kappa shape index (κ2) is 5.18. The molecular weight excluding hydrogens is 238 g/mol. The van der Waals surface area contributed by atoms with E-state index >= 15 is 0 Å². The number of rotatable bonds is 5. The van der Waals surface area contributed by atoms with Gasteiger partial charge in [0, 0.05) is 18.7 Å². The molecule has 1 aliphatic carbocycles. The molecule has 1 saturated carbocycles. The van der Waals surface area contributed by atoms with E-state index < -0.39 is 4.92 Å². The fourth-order valence-corrected chi connectivity index (χ4v) is 2.03. The van der Waals surface area contributed by atoms with Crippen LogP contribution in [0.1, 0.15) is 29.8 Å². The van der Waals surface area contributed by atoms with E-state index in [9.17, 15) is 14.9 Å². The van der Waals surface area contributed by atoms with Gasteiger partial charge in [0.15, 0.2) is 5.69 Å². The molecule has 1 aromatic rings. The summed E-state index contributed by atoms with van der Waals surface area (Å²) in [6.45, 7) is 0.154. The van der Waals surface area contributed by atoms with E-state index in [1.54, 1.807) is 4.90 Å². The topological polar surface area (TPSA) is 99.5 Å². The van der Waals surface area contributed by atoms with Crippen molar-refractivity contribution < 1.29 is 14.8 Å². The Balaban J connectivity index is 2.13. The van der Waals surface area contributed by atoms with E-state index in [1.165, 1.54) is 12.1 Å². The van der Waals surface area contributed by atoms with Gasteiger partial charge >= 0.3 is 5.82 Å². The summed E-state index contributed by atoms with van der Waals surface area (Å²) in [7, 11) is 0. The van der Waals surface area contributed by atoms with E-state index in [0.29, 0.717) is 0 Å². The van der Waals surface area contributed by atoms with Crippen LogP contribution >= 0.6 is 0 Å². The third-order valence-corrected chi connectivity index (χ3v) is 3.21. The molecule has 0 radical (unpaired) electrons. The van der Waals surface area contributed by atoms with Crippen LogP contribution in [0.5, 0.6) is 0 Å². The van der Waals surface area contributed by atoms with Crippen LogP contribution in [-0.4, -0.2) is 45.0 Å². The maximum Gasteiger partial charge on any atom is 0.321 e. The van der Waals surface area contributed by atoms with Crippen LogP contribution in [0.25, 0.3) is 0 Å². The number of hydrogen-bond acceptors (Lipinski definition) is 4. The van der Waals surface area contributed by atoms with Gasteiger partial charge in [-0.15, -0.1) is 0 Å². The molecular formula is C11H15N3O4. The van der Waals surface area contributed by atoms with Gasteiger partial charge in [0.2, 0.25) is 0 Å². The highest BCUT2D eigenvalue weighted by molar-refractivity contribution is 5.93. The second-order valence-electron chi connectivity index (χ2n) is 4.32. The standard InChI is InChI=1S/C11H15N3O4/c15-7-6-13(8-2-1-3-8)11(16)9-4-5-10(12-9)14(17)18/h4-5,8,12,15H,1-3,6-7H2. The zero-order valence-corrected chi connectivity index (χ0v) is 9.83. The van der Waals surface area contributed by atoms with Crippen molar-refractivity contribution in [2.45, 2.75) is 25.3 Å². The Morgan fingerprint density at radius 1 is 1.56 bits per heavy atom. The number of aromatic amines is 1. The van der Waals surface area contributed by atoms with E-state index in [0.717, 1.165) is 19.3 Å². The van der Waals surface area contributed by atoms with Crippen molar-refractivity contribution in [1.29, 1.82) is 0 Å². The van der Waals surface area contributed by atoms with Crippen molar-refractivity contribution in [2.24, 2.45) is 0 Å². The molecule has 0 aromatic carbocycles. The Kier molecular flexibility index (Phi) is 3.61. The normalized spacial score (nSPS) is 15.2. The second-order valence-corrected chi connectivity index (χ2v) is 4.32. The summed E-state index contributed by atoms with van der Waals surface area (Å²) in [5, 5.41) is 19.5. The Labute approximate surface area is 104 Å². The van der Waals surface area contributed by atoms with Crippen molar-refractivity contribution in [3.05, 3.63) is 27.9 Å². The number of aliphatic hydroxyl groups excluding tert-OH is 1. The first-order valence-electron chi connectivity index (χ1n) is 5.88. The lowest BCUT2D eigenvalue weighted by atomic mass is 9.91. The number of nitrogens with zero attached hydrogens (tertiary/aromatic N) is 2. The van der Waals surface area contributed by atoms with E-state index in [1.807, 2.05) is 0 Å². The van der Waals surface area contributed by atoms with E-state index in [4.69, 9.17) is 5.11 Å². The van der Waals surface area contributed by atoms with Gasteiger partial charge in [-0.05, 0) is 30.3 Å². The summed E-state index contributed by atoms with van der Waals surface area (Å²) in [6, 6.07) is 2.82. The van der Waals surface area contributed by atoms with Gasteiger partial charge in [-0.25, -0.2) is 4.98 Å². The molecule has 1 amide bonds. The Hall–Kier alpha value is -1.89. The summed E-state index contributed by atoms with van der Waals surface area (Å²) >= 11 is 0. The number of H-pyrrole nitrogens is 1. The molecule has 1 aromatic heterocycles. The monoisotopic (exact) mass is 253 g/mol. The Morgan fingerprint density at radius 2 is 2.28 bits per heavy atom. The van der Waals surface area contributed by atoms with Crippen LogP contribution in [-0.2, 0) is 0 Å². The third-order valence-electron chi connectivity index (χ3n) is 3.21. The fourth-order valence-electron chi connectivity index (χ4n) is 2.03. The molecule has 2 rings (SSSR count). The lowest BCUT2D eigenvalue weighted by Crippen LogP contribution is -2.45. The highest BCUT2D eigenvalue weighted by Crippen LogP contribution is 2.26. The molecule has 0 atom stereocenters. The van der Waals surface area contributed by atoms with Crippen molar-refractivity contribution in [3.8, 4) is 0 Å². The largest absolute Gasteiger partial charge is 0.395 e. The SMILES string of the molecule is O=C(c1ccc([N+](=O)[O-])[nH]1)N(CCO)C1CCC1. The minimum Gasteiger partial charge on any atom is -0.395 e. The molecule has 0 unspecified atom stereocenters. The van der Waals surface area contributed by atoms with Crippen LogP contribution in [0.15, 0.2) is 12.1 Å². The van der Waals surface area contributed by atoms with Crippen LogP contribution in [0.4, 0.5) is 5.82 Å². The first-order chi connectivity index (χ1) is 8.63. The molecule has 0 aliphatic heterocycles. The van der Waals surface area contributed by atoms with Crippen LogP contribution in [0.2, 0.25) is 0 Å². The maximum absolute atomic E-state index is 12.2. The molecule has 1 heterocycles. The summed E-state index contributed by atoms with van der Waals surface area (Å²) in [5.41, 5.74) is 0.196. The molecule has 98 valence electrons. The van der Waals surface area contributed by atoms with E-state index in [2.05, 4.69) is 4.98 Å². The van der Waals surface area contributed by atoms with Gasteiger partial charge in [0.1, 0.15) is 0 Å². The minimum atomic E-state index is -0.573. The third kappa shape index (κ3) is 2.35. The van der Waals surface area contributed by atoms with Crippen molar-refractivity contribution in [3.63, 3.8) is 0 Å². The highest BCUT2D eigenvalue weighted by Gasteiger charge is 2.31. The predicted octanol–water partition coefficient (Wildman–Crippen LogP) is 0.910. The molecule has 0 saturated heterocycles. The lowest BCUT2D eigenvalue weighted by Gasteiger charge is -2.36. The molecule has 0 bridgehead atoms. The number of carbonyl (C=O) groups excluding carboxylic acids is 1. The maximum atomic E-state index is 12.2. The summed E-state index contributed by atoms with van der Waals surface area (Å²) in [6.07, 6.45) is 2.92.